The summed E-state index contributed by atoms with van der Waals surface area (Å²) >= 11 is 0. The smallest absolute Gasteiger partial charge is 0.354 e. The van der Waals surface area contributed by atoms with Crippen LogP contribution in [0.3, 0.4) is 0 Å². The molecule has 0 spiro atoms. The van der Waals surface area contributed by atoms with E-state index < -0.39 is 21.1 Å². The van der Waals surface area contributed by atoms with Gasteiger partial charge in [-0.25, -0.2) is 22.7 Å². The van der Waals surface area contributed by atoms with E-state index in [0.29, 0.717) is 18.5 Å². The predicted molar refractivity (Wildman–Crippen MR) is 65.7 cm³/mol. The number of carbonyl (C=O) groups is 1. The molecule has 8 heteroatoms. The number of sulfone groups is 1. The van der Waals surface area contributed by atoms with Gasteiger partial charge in [-0.15, -0.1) is 5.10 Å². The molecule has 1 aliphatic rings. The zero-order valence-corrected chi connectivity index (χ0v) is 10.7. The molecular formula is C11H11N3O4S. The van der Waals surface area contributed by atoms with Crippen LogP contribution in [-0.4, -0.2) is 39.8 Å². The molecule has 1 N–H and O–H groups in total. The number of pyridine rings is 1. The Hall–Kier alpha value is -1.96. The molecule has 0 aliphatic carbocycles. The molecule has 0 amide bonds. The van der Waals surface area contributed by atoms with Gasteiger partial charge in [0, 0.05) is 0 Å². The van der Waals surface area contributed by atoms with E-state index in [4.69, 9.17) is 5.11 Å². The van der Waals surface area contributed by atoms with Gasteiger partial charge in [0.25, 0.3) is 0 Å². The highest BCUT2D eigenvalue weighted by molar-refractivity contribution is 7.91. The number of aromatic carboxylic acids is 1. The summed E-state index contributed by atoms with van der Waals surface area (Å²) in [7, 11) is -3.21. The van der Waals surface area contributed by atoms with E-state index in [2.05, 4.69) is 10.1 Å². The first-order valence-corrected chi connectivity index (χ1v) is 7.51. The van der Waals surface area contributed by atoms with E-state index in [-0.39, 0.29) is 17.3 Å². The molecule has 1 fully saturated rings. The standard InChI is InChI=1S/C11H11N3O4S/c15-11(16)7-3-1-5-9-12-10(13-14(7)9)8-4-2-6-19(8,17)18/h1,3,5,8H,2,4,6H2,(H,15,16). The normalized spacial score (nSPS) is 21.8. The highest BCUT2D eigenvalue weighted by Crippen LogP contribution is 2.32. The van der Waals surface area contributed by atoms with E-state index in [1.165, 1.54) is 10.6 Å². The number of carboxylic acids is 1. The molecule has 1 unspecified atom stereocenters. The lowest BCUT2D eigenvalue weighted by Crippen LogP contribution is -2.10. The van der Waals surface area contributed by atoms with Crippen LogP contribution < -0.4 is 0 Å². The maximum absolute atomic E-state index is 11.9. The van der Waals surface area contributed by atoms with Crippen molar-refractivity contribution in [3.05, 3.63) is 29.7 Å². The summed E-state index contributed by atoms with van der Waals surface area (Å²) in [6, 6.07) is 4.56. The summed E-state index contributed by atoms with van der Waals surface area (Å²) in [6.07, 6.45) is 1.08. The third-order valence-corrected chi connectivity index (χ3v) is 5.38. The first kappa shape index (κ1) is 12.1. The Morgan fingerprint density at radius 3 is 2.84 bits per heavy atom. The van der Waals surface area contributed by atoms with Gasteiger partial charge in [0.1, 0.15) is 5.25 Å². The van der Waals surface area contributed by atoms with Gasteiger partial charge < -0.3 is 5.11 Å². The fraction of sp³-hybridized carbons (Fsp3) is 0.364. The SMILES string of the molecule is O=C(O)c1cccc2nc(C3CCCS3(=O)=O)nn12. The quantitative estimate of drug-likeness (QED) is 0.868. The molecule has 1 aliphatic heterocycles. The maximum Gasteiger partial charge on any atom is 0.354 e. The number of nitrogens with zero attached hydrogens (tertiary/aromatic N) is 3. The van der Waals surface area contributed by atoms with Crippen molar-refractivity contribution in [2.24, 2.45) is 0 Å². The van der Waals surface area contributed by atoms with Crippen molar-refractivity contribution in [2.75, 3.05) is 5.75 Å². The summed E-state index contributed by atoms with van der Waals surface area (Å²) in [5.74, 6) is -0.804. The van der Waals surface area contributed by atoms with E-state index >= 15 is 0 Å². The summed E-state index contributed by atoms with van der Waals surface area (Å²) in [4.78, 5) is 15.2. The second-order valence-electron chi connectivity index (χ2n) is 4.45. The summed E-state index contributed by atoms with van der Waals surface area (Å²) < 4.78 is 24.9. The van der Waals surface area contributed by atoms with Gasteiger partial charge in [-0.3, -0.25) is 0 Å². The van der Waals surface area contributed by atoms with Crippen LogP contribution in [0, 0.1) is 0 Å². The van der Waals surface area contributed by atoms with E-state index in [1.807, 2.05) is 0 Å². The number of hydrogen-bond acceptors (Lipinski definition) is 5. The lowest BCUT2D eigenvalue weighted by Gasteiger charge is -2.02. The van der Waals surface area contributed by atoms with Gasteiger partial charge in [-0.05, 0) is 25.0 Å². The maximum atomic E-state index is 11.9. The molecule has 0 bridgehead atoms. The van der Waals surface area contributed by atoms with Crippen LogP contribution in [0.2, 0.25) is 0 Å². The monoisotopic (exact) mass is 281 g/mol. The van der Waals surface area contributed by atoms with E-state index in [0.717, 1.165) is 0 Å². The van der Waals surface area contributed by atoms with Crippen molar-refractivity contribution in [2.45, 2.75) is 18.1 Å². The third kappa shape index (κ3) is 1.88. The molecule has 7 nitrogen and oxygen atoms in total. The molecular weight excluding hydrogens is 270 g/mol. The third-order valence-electron chi connectivity index (χ3n) is 3.21. The number of rotatable bonds is 2. The van der Waals surface area contributed by atoms with Gasteiger partial charge in [0.15, 0.2) is 27.0 Å². The number of carboxylic acid groups (broad SMARTS) is 1. The van der Waals surface area contributed by atoms with Crippen LogP contribution in [0.25, 0.3) is 5.65 Å². The molecule has 0 saturated carbocycles. The molecule has 3 rings (SSSR count). The number of hydrogen-bond donors (Lipinski definition) is 1. The second kappa shape index (κ2) is 4.02. The largest absolute Gasteiger partial charge is 0.477 e. The van der Waals surface area contributed by atoms with Crippen molar-refractivity contribution in [1.29, 1.82) is 0 Å². The average molecular weight is 281 g/mol. The molecule has 1 atom stereocenters. The van der Waals surface area contributed by atoms with Gasteiger partial charge in [-0.2, -0.15) is 0 Å². The van der Waals surface area contributed by atoms with Crippen molar-refractivity contribution in [1.82, 2.24) is 14.6 Å². The lowest BCUT2D eigenvalue weighted by molar-refractivity contribution is 0.0687. The van der Waals surface area contributed by atoms with Crippen LogP contribution in [0.15, 0.2) is 18.2 Å². The minimum Gasteiger partial charge on any atom is -0.477 e. The van der Waals surface area contributed by atoms with Crippen LogP contribution in [0.1, 0.15) is 34.4 Å². The Kier molecular flexibility index (Phi) is 2.56. The Labute approximate surface area is 108 Å². The molecule has 2 aromatic heterocycles. The van der Waals surface area contributed by atoms with Gasteiger partial charge in [-0.1, -0.05) is 6.07 Å². The lowest BCUT2D eigenvalue weighted by atomic mass is 10.2. The Morgan fingerprint density at radius 1 is 1.42 bits per heavy atom. The van der Waals surface area contributed by atoms with Gasteiger partial charge >= 0.3 is 5.97 Å². The minimum atomic E-state index is -3.21. The topological polar surface area (TPSA) is 102 Å². The molecule has 3 heterocycles. The first-order chi connectivity index (χ1) is 8.99. The fourth-order valence-electron chi connectivity index (χ4n) is 2.30. The predicted octanol–water partition coefficient (Wildman–Crippen LogP) is 0.677. The van der Waals surface area contributed by atoms with Crippen molar-refractivity contribution in [3.8, 4) is 0 Å². The average Bonchev–Trinajstić information content (AvgIpc) is 2.90. The Balaban J connectivity index is 2.17. The van der Waals surface area contributed by atoms with Crippen LogP contribution in [0.5, 0.6) is 0 Å². The summed E-state index contributed by atoms with van der Waals surface area (Å²) in [6.45, 7) is 0. The highest BCUT2D eigenvalue weighted by atomic mass is 32.2. The van der Waals surface area contributed by atoms with Crippen molar-refractivity contribution >= 4 is 21.5 Å². The number of aromatic nitrogens is 3. The molecule has 0 aromatic carbocycles. The Morgan fingerprint density at radius 2 is 2.21 bits per heavy atom. The summed E-state index contributed by atoms with van der Waals surface area (Å²) in [5.41, 5.74) is 0.309. The second-order valence-corrected chi connectivity index (χ2v) is 6.76. The van der Waals surface area contributed by atoms with Gasteiger partial charge in [0.2, 0.25) is 0 Å². The first-order valence-electron chi connectivity index (χ1n) is 5.79. The highest BCUT2D eigenvalue weighted by Gasteiger charge is 2.36. The molecule has 0 radical (unpaired) electrons. The fourth-order valence-corrected chi connectivity index (χ4v) is 4.10. The zero-order chi connectivity index (χ0) is 13.6. The summed E-state index contributed by atoms with van der Waals surface area (Å²) in [5, 5.41) is 12.4. The van der Waals surface area contributed by atoms with Crippen LogP contribution in [-0.2, 0) is 9.84 Å². The van der Waals surface area contributed by atoms with E-state index in [1.54, 1.807) is 12.1 Å². The minimum absolute atomic E-state index is 0.0355. The molecule has 100 valence electrons. The molecule has 19 heavy (non-hydrogen) atoms. The van der Waals surface area contributed by atoms with Crippen molar-refractivity contribution < 1.29 is 18.3 Å². The molecule has 1 saturated heterocycles. The molecule has 2 aromatic rings. The number of fused-ring (bicyclic) bond motifs is 1. The van der Waals surface area contributed by atoms with Gasteiger partial charge in [0.05, 0.1) is 5.75 Å². The van der Waals surface area contributed by atoms with Crippen molar-refractivity contribution in [3.63, 3.8) is 0 Å². The van der Waals surface area contributed by atoms with Crippen LogP contribution in [0.4, 0.5) is 0 Å². The van der Waals surface area contributed by atoms with Crippen LogP contribution >= 0.6 is 0 Å². The van der Waals surface area contributed by atoms with E-state index in [9.17, 15) is 13.2 Å². The Bertz CT molecular complexity index is 765. The zero-order valence-electron chi connectivity index (χ0n) is 9.85.